The van der Waals surface area contributed by atoms with E-state index in [1.807, 2.05) is 31.2 Å². The second-order valence-electron chi connectivity index (χ2n) is 6.08. The van der Waals surface area contributed by atoms with E-state index in [-0.39, 0.29) is 23.9 Å². The number of aryl methyl sites for hydroxylation is 1. The molecule has 1 aliphatic heterocycles. The van der Waals surface area contributed by atoms with Crippen molar-refractivity contribution in [3.8, 4) is 5.69 Å². The highest BCUT2D eigenvalue weighted by Gasteiger charge is 2.15. The van der Waals surface area contributed by atoms with Crippen LogP contribution in [0.1, 0.15) is 28.9 Å². The third kappa shape index (κ3) is 4.27. The fraction of sp³-hybridized carbons (Fsp3) is 0.412. The van der Waals surface area contributed by atoms with Gasteiger partial charge in [0.05, 0.1) is 5.69 Å². The SMILES string of the molecule is Cc1ccc(-n2[nH]c(C(=O)NCCC3CCNC3)cc2=O)cc1.Cl. The number of carbonyl (C=O) groups is 1. The molecule has 0 radical (unpaired) electrons. The van der Waals surface area contributed by atoms with E-state index in [1.54, 1.807) is 0 Å². The third-order valence-electron chi connectivity index (χ3n) is 4.26. The normalized spacial score (nSPS) is 16.6. The average Bonchev–Trinajstić information content (AvgIpc) is 3.18. The summed E-state index contributed by atoms with van der Waals surface area (Å²) in [5, 5.41) is 9.06. The molecule has 1 aromatic carbocycles. The van der Waals surface area contributed by atoms with Crippen molar-refractivity contribution in [3.05, 3.63) is 51.9 Å². The van der Waals surface area contributed by atoms with Crippen molar-refractivity contribution in [1.82, 2.24) is 20.4 Å². The van der Waals surface area contributed by atoms with E-state index in [0.29, 0.717) is 18.2 Å². The molecule has 1 aliphatic rings. The molecule has 2 heterocycles. The van der Waals surface area contributed by atoms with Gasteiger partial charge in [-0.2, -0.15) is 0 Å². The van der Waals surface area contributed by atoms with Crippen LogP contribution in [0, 0.1) is 12.8 Å². The van der Waals surface area contributed by atoms with Crippen LogP contribution in [0.4, 0.5) is 0 Å². The van der Waals surface area contributed by atoms with Crippen molar-refractivity contribution < 1.29 is 4.79 Å². The number of hydrogen-bond acceptors (Lipinski definition) is 3. The van der Waals surface area contributed by atoms with Crippen LogP contribution in [0.2, 0.25) is 0 Å². The van der Waals surface area contributed by atoms with E-state index < -0.39 is 0 Å². The van der Waals surface area contributed by atoms with Crippen molar-refractivity contribution in [2.45, 2.75) is 19.8 Å². The summed E-state index contributed by atoms with van der Waals surface area (Å²) >= 11 is 0. The minimum Gasteiger partial charge on any atom is -0.351 e. The summed E-state index contributed by atoms with van der Waals surface area (Å²) in [6.07, 6.45) is 2.12. The highest BCUT2D eigenvalue weighted by atomic mass is 35.5. The van der Waals surface area contributed by atoms with E-state index in [2.05, 4.69) is 15.7 Å². The highest BCUT2D eigenvalue weighted by molar-refractivity contribution is 5.92. The largest absolute Gasteiger partial charge is 0.351 e. The van der Waals surface area contributed by atoms with Crippen LogP contribution in [0.15, 0.2) is 35.1 Å². The van der Waals surface area contributed by atoms with Gasteiger partial charge in [0, 0.05) is 12.6 Å². The summed E-state index contributed by atoms with van der Waals surface area (Å²) in [6, 6.07) is 8.90. The topological polar surface area (TPSA) is 78.9 Å². The van der Waals surface area contributed by atoms with E-state index >= 15 is 0 Å². The summed E-state index contributed by atoms with van der Waals surface area (Å²) < 4.78 is 1.38. The number of halogens is 1. The molecule has 0 saturated carbocycles. The van der Waals surface area contributed by atoms with E-state index in [9.17, 15) is 9.59 Å². The zero-order chi connectivity index (χ0) is 16.2. The number of aromatic nitrogens is 2. The van der Waals surface area contributed by atoms with Crippen LogP contribution < -0.4 is 16.2 Å². The number of nitrogens with zero attached hydrogens (tertiary/aromatic N) is 1. The number of nitrogens with one attached hydrogen (secondary N) is 3. The van der Waals surface area contributed by atoms with E-state index in [0.717, 1.165) is 37.2 Å². The molecule has 1 saturated heterocycles. The number of benzene rings is 1. The van der Waals surface area contributed by atoms with Crippen LogP contribution >= 0.6 is 12.4 Å². The summed E-state index contributed by atoms with van der Waals surface area (Å²) in [4.78, 5) is 24.2. The molecule has 1 amide bonds. The Hall–Kier alpha value is -2.05. The monoisotopic (exact) mass is 350 g/mol. The molecule has 130 valence electrons. The molecule has 0 spiro atoms. The summed E-state index contributed by atoms with van der Waals surface area (Å²) in [6.45, 7) is 4.70. The lowest BCUT2D eigenvalue weighted by atomic mass is 10.1. The number of amides is 1. The Labute approximate surface area is 147 Å². The molecular formula is C17H23ClN4O2. The second kappa shape index (κ2) is 8.17. The van der Waals surface area contributed by atoms with Gasteiger partial charge < -0.3 is 10.6 Å². The van der Waals surface area contributed by atoms with Gasteiger partial charge >= 0.3 is 0 Å². The number of aromatic amines is 1. The third-order valence-corrected chi connectivity index (χ3v) is 4.26. The zero-order valence-corrected chi connectivity index (χ0v) is 14.5. The molecular weight excluding hydrogens is 328 g/mol. The summed E-state index contributed by atoms with van der Waals surface area (Å²) in [5.41, 5.74) is 1.89. The van der Waals surface area contributed by atoms with Gasteiger partial charge in [-0.25, -0.2) is 4.68 Å². The van der Waals surface area contributed by atoms with E-state index in [4.69, 9.17) is 0 Å². The molecule has 2 aromatic rings. The van der Waals surface area contributed by atoms with Crippen LogP contribution in [0.25, 0.3) is 5.69 Å². The zero-order valence-electron chi connectivity index (χ0n) is 13.7. The maximum Gasteiger partial charge on any atom is 0.271 e. The molecule has 0 aliphatic carbocycles. The van der Waals surface area contributed by atoms with Gasteiger partial charge in [0.2, 0.25) is 0 Å². The molecule has 1 atom stereocenters. The fourth-order valence-corrected chi connectivity index (χ4v) is 2.84. The fourth-order valence-electron chi connectivity index (χ4n) is 2.84. The van der Waals surface area contributed by atoms with Crippen LogP contribution in [0.5, 0.6) is 0 Å². The first-order valence-corrected chi connectivity index (χ1v) is 8.01. The lowest BCUT2D eigenvalue weighted by Gasteiger charge is -2.08. The Bertz CT molecular complexity index is 730. The number of rotatable bonds is 5. The van der Waals surface area contributed by atoms with Crippen molar-refractivity contribution in [1.29, 1.82) is 0 Å². The number of H-pyrrole nitrogens is 1. The first-order chi connectivity index (χ1) is 11.1. The maximum absolute atomic E-state index is 12.2. The van der Waals surface area contributed by atoms with Gasteiger partial charge in [0.25, 0.3) is 11.5 Å². The molecule has 1 fully saturated rings. The lowest BCUT2D eigenvalue weighted by Crippen LogP contribution is -2.26. The Kier molecular flexibility index (Phi) is 6.23. The molecule has 24 heavy (non-hydrogen) atoms. The Morgan fingerprint density at radius 3 is 2.75 bits per heavy atom. The van der Waals surface area contributed by atoms with Crippen LogP contribution in [-0.4, -0.2) is 35.3 Å². The molecule has 1 aromatic heterocycles. The standard InChI is InChI=1S/C17H22N4O2.ClH/c1-12-2-4-14(5-3-12)21-16(22)10-15(20-21)17(23)19-9-7-13-6-8-18-11-13;/h2-5,10,13,18,20H,6-9,11H2,1H3,(H,19,23);1H. The number of carbonyl (C=O) groups excluding carboxylic acids is 1. The first-order valence-electron chi connectivity index (χ1n) is 8.01. The van der Waals surface area contributed by atoms with Gasteiger partial charge in [-0.05, 0) is 50.9 Å². The average molecular weight is 351 g/mol. The Morgan fingerprint density at radius 2 is 2.08 bits per heavy atom. The van der Waals surface area contributed by atoms with Crippen molar-refractivity contribution in [3.63, 3.8) is 0 Å². The van der Waals surface area contributed by atoms with Crippen molar-refractivity contribution >= 4 is 18.3 Å². The Balaban J connectivity index is 0.00000208. The molecule has 0 bridgehead atoms. The Morgan fingerprint density at radius 1 is 1.33 bits per heavy atom. The number of hydrogen-bond donors (Lipinski definition) is 3. The predicted molar refractivity (Wildman–Crippen MR) is 96.3 cm³/mol. The lowest BCUT2D eigenvalue weighted by molar-refractivity contribution is 0.0946. The van der Waals surface area contributed by atoms with Gasteiger partial charge in [-0.1, -0.05) is 17.7 Å². The molecule has 1 unspecified atom stereocenters. The molecule has 7 heteroatoms. The van der Waals surface area contributed by atoms with Crippen LogP contribution in [0.3, 0.4) is 0 Å². The van der Waals surface area contributed by atoms with Gasteiger partial charge in [-0.3, -0.25) is 14.7 Å². The maximum atomic E-state index is 12.2. The quantitative estimate of drug-likeness (QED) is 0.766. The summed E-state index contributed by atoms with van der Waals surface area (Å²) in [5.74, 6) is 0.394. The van der Waals surface area contributed by atoms with Crippen molar-refractivity contribution in [2.75, 3.05) is 19.6 Å². The molecule has 3 N–H and O–H groups in total. The van der Waals surface area contributed by atoms with Gasteiger partial charge in [0.15, 0.2) is 0 Å². The molecule has 3 rings (SSSR count). The van der Waals surface area contributed by atoms with Crippen LogP contribution in [-0.2, 0) is 0 Å². The first kappa shape index (κ1) is 18.3. The smallest absolute Gasteiger partial charge is 0.271 e. The molecule has 6 nitrogen and oxygen atoms in total. The van der Waals surface area contributed by atoms with E-state index in [1.165, 1.54) is 10.7 Å². The minimum absolute atomic E-state index is 0. The minimum atomic E-state index is -0.237. The van der Waals surface area contributed by atoms with Gasteiger partial charge in [-0.15, -0.1) is 12.4 Å². The van der Waals surface area contributed by atoms with Crippen molar-refractivity contribution in [2.24, 2.45) is 5.92 Å². The second-order valence-corrected chi connectivity index (χ2v) is 6.08. The van der Waals surface area contributed by atoms with Gasteiger partial charge in [0.1, 0.15) is 5.69 Å². The highest BCUT2D eigenvalue weighted by Crippen LogP contribution is 2.11. The summed E-state index contributed by atoms with van der Waals surface area (Å²) in [7, 11) is 0. The predicted octanol–water partition coefficient (Wildman–Crippen LogP) is 1.63.